The maximum atomic E-state index is 5.64. The molecule has 8 N–H and O–H groups in total. The van der Waals surface area contributed by atoms with Gasteiger partial charge >= 0.3 is 0 Å². The Morgan fingerprint density at radius 2 is 0.909 bits per heavy atom. The minimum absolute atomic E-state index is 0. The molecule has 0 radical (unpaired) electrons. The smallest absolute Gasteiger partial charge is 0.00399 e. The van der Waals surface area contributed by atoms with E-state index in [-0.39, 0.29) is 32.0 Å². The Kier molecular flexibility index (Phi) is 13.8. The van der Waals surface area contributed by atoms with Gasteiger partial charge in [-0.2, -0.15) is 0 Å². The van der Waals surface area contributed by atoms with Gasteiger partial charge in [0.05, 0.1) is 0 Å². The molecule has 0 aromatic carbocycles. The molecule has 1 aliphatic rings. The van der Waals surface area contributed by atoms with Crippen LogP contribution >= 0.6 is 0 Å². The fraction of sp³-hybridized carbons (Fsp3) is 1.00. The Morgan fingerprint density at radius 3 is 1.09 bits per heavy atom. The van der Waals surface area contributed by atoms with Gasteiger partial charge in [0.2, 0.25) is 0 Å². The molecule has 1 fully saturated rings. The topological polar surface area (TPSA) is 115 Å². The molecule has 0 amide bonds. The van der Waals surface area contributed by atoms with Crippen molar-refractivity contribution in [3.05, 3.63) is 0 Å². The quantitative estimate of drug-likeness (QED) is 0.560. The van der Waals surface area contributed by atoms with Crippen LogP contribution in [-0.2, 0) is 21.1 Å². The Labute approximate surface area is 81.6 Å². The molecule has 0 aromatic heterocycles. The fourth-order valence-electron chi connectivity index (χ4n) is 1.14. The van der Waals surface area contributed by atoms with Gasteiger partial charge in [0.1, 0.15) is 0 Å². The summed E-state index contributed by atoms with van der Waals surface area (Å²) in [4.78, 5) is 0. The van der Waals surface area contributed by atoms with Crippen molar-refractivity contribution < 1.29 is 32.0 Å². The first-order valence-electron chi connectivity index (χ1n) is 3.30. The van der Waals surface area contributed by atoms with Gasteiger partial charge in [0.15, 0.2) is 0 Å². The van der Waals surface area contributed by atoms with Crippen molar-refractivity contribution in [1.82, 2.24) is 0 Å². The van der Waals surface area contributed by atoms with Gasteiger partial charge < -0.3 is 22.4 Å². The summed E-state index contributed by atoms with van der Waals surface area (Å²) in [5.41, 5.74) is 11.3. The third-order valence-electron chi connectivity index (χ3n) is 1.82. The molecular weight excluding hydrogens is 327 g/mol. The van der Waals surface area contributed by atoms with Crippen LogP contribution in [0.15, 0.2) is 0 Å². The second-order valence-corrected chi connectivity index (χ2v) is 2.67. The van der Waals surface area contributed by atoms with E-state index < -0.39 is 0 Å². The minimum Gasteiger partial charge on any atom is -0.412 e. The normalized spacial score (nSPS) is 28.9. The van der Waals surface area contributed by atoms with Crippen molar-refractivity contribution in [2.75, 3.05) is 0 Å². The van der Waals surface area contributed by atoms with Gasteiger partial charge in [-0.05, 0) is 25.7 Å². The molecule has 4 nitrogen and oxygen atoms in total. The van der Waals surface area contributed by atoms with E-state index in [0.29, 0.717) is 12.1 Å². The molecule has 0 unspecified atom stereocenters. The summed E-state index contributed by atoms with van der Waals surface area (Å²) in [6.45, 7) is 0. The second kappa shape index (κ2) is 8.62. The zero-order valence-electron chi connectivity index (χ0n) is 6.45. The summed E-state index contributed by atoms with van der Waals surface area (Å²) < 4.78 is 0. The summed E-state index contributed by atoms with van der Waals surface area (Å²) in [7, 11) is 0. The number of rotatable bonds is 0. The summed E-state index contributed by atoms with van der Waals surface area (Å²) in [5, 5.41) is 0. The SMILES string of the molecule is NC1CCC(N)CC1.O.O.[Pt]. The standard InChI is InChI=1S/C6H14N2.2H2O.Pt/c7-5-1-2-6(8)4-3-5;;;/h5-6H,1-4,7-8H2;2*1H2;. The molecule has 5 heteroatoms. The summed E-state index contributed by atoms with van der Waals surface area (Å²) >= 11 is 0. The summed E-state index contributed by atoms with van der Waals surface area (Å²) in [6.07, 6.45) is 4.50. The van der Waals surface area contributed by atoms with E-state index in [1.54, 1.807) is 0 Å². The largest absolute Gasteiger partial charge is 0.412 e. The molecule has 0 spiro atoms. The molecule has 1 rings (SSSR count). The third kappa shape index (κ3) is 6.91. The molecule has 1 aliphatic carbocycles. The van der Waals surface area contributed by atoms with Crippen molar-refractivity contribution >= 4 is 0 Å². The van der Waals surface area contributed by atoms with E-state index >= 15 is 0 Å². The Morgan fingerprint density at radius 1 is 0.727 bits per heavy atom. The molecule has 1 saturated carbocycles. The predicted molar refractivity (Wildman–Crippen MR) is 41.6 cm³/mol. The van der Waals surface area contributed by atoms with E-state index in [9.17, 15) is 0 Å². The Hall–Kier alpha value is 0.528. The molecule has 0 bridgehead atoms. The van der Waals surface area contributed by atoms with Crippen LogP contribution in [0, 0.1) is 0 Å². The fourth-order valence-corrected chi connectivity index (χ4v) is 1.14. The number of nitrogens with two attached hydrogens (primary N) is 2. The molecule has 0 aliphatic heterocycles. The van der Waals surface area contributed by atoms with Crippen LogP contribution in [0.2, 0.25) is 0 Å². The van der Waals surface area contributed by atoms with E-state index in [1.165, 1.54) is 0 Å². The Balaban J connectivity index is -0.000000213. The van der Waals surface area contributed by atoms with Crippen molar-refractivity contribution in [1.29, 1.82) is 0 Å². The molecule has 0 atom stereocenters. The van der Waals surface area contributed by atoms with Crippen LogP contribution in [0.5, 0.6) is 0 Å². The first-order chi connectivity index (χ1) is 3.79. The first-order valence-corrected chi connectivity index (χ1v) is 3.30. The van der Waals surface area contributed by atoms with E-state index in [4.69, 9.17) is 11.5 Å². The van der Waals surface area contributed by atoms with Gasteiger partial charge in [0.25, 0.3) is 0 Å². The van der Waals surface area contributed by atoms with Gasteiger partial charge in [0, 0.05) is 33.1 Å². The first kappa shape index (κ1) is 17.6. The van der Waals surface area contributed by atoms with Crippen LogP contribution in [0.3, 0.4) is 0 Å². The molecule has 11 heavy (non-hydrogen) atoms. The monoisotopic (exact) mass is 345 g/mol. The van der Waals surface area contributed by atoms with E-state index in [0.717, 1.165) is 25.7 Å². The van der Waals surface area contributed by atoms with Gasteiger partial charge in [-0.25, -0.2) is 0 Å². The van der Waals surface area contributed by atoms with Crippen LogP contribution in [0.25, 0.3) is 0 Å². The average molecular weight is 345 g/mol. The zero-order valence-corrected chi connectivity index (χ0v) is 8.73. The molecule has 0 heterocycles. The van der Waals surface area contributed by atoms with Crippen molar-refractivity contribution in [3.8, 4) is 0 Å². The van der Waals surface area contributed by atoms with Crippen LogP contribution in [-0.4, -0.2) is 23.0 Å². The molecule has 0 aromatic rings. The van der Waals surface area contributed by atoms with Crippen molar-refractivity contribution in [2.45, 2.75) is 37.8 Å². The van der Waals surface area contributed by atoms with Crippen LogP contribution in [0.4, 0.5) is 0 Å². The minimum atomic E-state index is 0. The molecule has 0 saturated heterocycles. The van der Waals surface area contributed by atoms with Crippen LogP contribution in [0.1, 0.15) is 25.7 Å². The van der Waals surface area contributed by atoms with E-state index in [2.05, 4.69) is 0 Å². The predicted octanol–water partition coefficient (Wildman–Crippen LogP) is -1.44. The maximum Gasteiger partial charge on any atom is 0.00399 e. The summed E-state index contributed by atoms with van der Waals surface area (Å²) in [6, 6.07) is 0.879. The Bertz CT molecular complexity index is 67.0. The maximum absolute atomic E-state index is 5.64. The zero-order chi connectivity index (χ0) is 5.98. The van der Waals surface area contributed by atoms with Gasteiger partial charge in [-0.3, -0.25) is 0 Å². The second-order valence-electron chi connectivity index (χ2n) is 2.67. The number of hydrogen-bond donors (Lipinski definition) is 2. The molecular formula is C6H18N2O2Pt. The average Bonchev–Trinajstić information content (AvgIpc) is 1.77. The summed E-state index contributed by atoms with van der Waals surface area (Å²) in [5.74, 6) is 0. The van der Waals surface area contributed by atoms with Crippen LogP contribution < -0.4 is 11.5 Å². The molecule has 74 valence electrons. The van der Waals surface area contributed by atoms with Gasteiger partial charge in [-0.15, -0.1) is 0 Å². The van der Waals surface area contributed by atoms with Gasteiger partial charge in [-0.1, -0.05) is 0 Å². The van der Waals surface area contributed by atoms with Crippen molar-refractivity contribution in [2.24, 2.45) is 11.5 Å². The van der Waals surface area contributed by atoms with Crippen molar-refractivity contribution in [3.63, 3.8) is 0 Å². The number of hydrogen-bond acceptors (Lipinski definition) is 2. The van der Waals surface area contributed by atoms with E-state index in [1.807, 2.05) is 0 Å². The third-order valence-corrected chi connectivity index (χ3v) is 1.82.